The fraction of sp³-hybridized carbons (Fsp3) is 0.222. The number of aromatic nitrogens is 1. The first-order chi connectivity index (χ1) is 14.2. The molecule has 0 spiro atoms. The number of benzene rings is 3. The molecule has 3 aromatic carbocycles. The Balaban J connectivity index is 1.96. The zero-order valence-electron chi connectivity index (χ0n) is 18.9. The van der Waals surface area contributed by atoms with Crippen LogP contribution in [0.5, 0.6) is 0 Å². The van der Waals surface area contributed by atoms with Crippen molar-refractivity contribution in [2.45, 2.75) is 24.7 Å². The maximum Gasteiger partial charge on any atom is 0.163 e. The monoisotopic (exact) mass is 411 g/mol. The number of pyridine rings is 1. The molecule has 0 aliphatic carbocycles. The van der Waals surface area contributed by atoms with Crippen LogP contribution in [0.3, 0.4) is 0 Å². The zero-order chi connectivity index (χ0) is 21.5. The van der Waals surface area contributed by atoms with Crippen LogP contribution in [-0.4, -0.2) is 31.6 Å². The lowest BCUT2D eigenvalue weighted by molar-refractivity contribution is 0.867. The molecule has 1 aromatic heterocycles. The van der Waals surface area contributed by atoms with E-state index in [9.17, 15) is 0 Å². The van der Waals surface area contributed by atoms with Crippen molar-refractivity contribution < 1.29 is 0 Å². The van der Waals surface area contributed by atoms with Gasteiger partial charge in [-0.1, -0.05) is 56.3 Å². The molecule has 152 valence electrons. The highest BCUT2D eigenvalue weighted by Crippen LogP contribution is 2.46. The second kappa shape index (κ2) is 7.96. The Kier molecular flexibility index (Phi) is 5.50. The molecule has 0 saturated carbocycles. The van der Waals surface area contributed by atoms with Crippen LogP contribution in [0.25, 0.3) is 33.2 Å². The SMILES string of the molecule is Bc1cc2cc(S(C)(C)C)ccc2c(-c2cc(-c3ccccc3)cc(C(C)C)c2)n1. The number of hydrogen-bond donors (Lipinski definition) is 0. The Hall–Kier alpha value is -2.52. The lowest BCUT2D eigenvalue weighted by Gasteiger charge is -2.26. The van der Waals surface area contributed by atoms with E-state index in [1.807, 2.05) is 0 Å². The summed E-state index contributed by atoms with van der Waals surface area (Å²) in [5.41, 5.74) is 7.19. The molecule has 3 heteroatoms. The Bertz CT molecular complexity index is 1210. The van der Waals surface area contributed by atoms with E-state index in [2.05, 4.69) is 113 Å². The van der Waals surface area contributed by atoms with Gasteiger partial charge in [-0.25, -0.2) is 10.0 Å². The van der Waals surface area contributed by atoms with Crippen molar-refractivity contribution in [2.24, 2.45) is 0 Å². The van der Waals surface area contributed by atoms with Crippen molar-refractivity contribution in [2.75, 3.05) is 18.8 Å². The van der Waals surface area contributed by atoms with Crippen LogP contribution in [0.2, 0.25) is 0 Å². The minimum absolute atomic E-state index is 0.458. The number of rotatable bonds is 4. The van der Waals surface area contributed by atoms with E-state index in [1.165, 1.54) is 37.9 Å². The Morgan fingerprint density at radius 1 is 0.767 bits per heavy atom. The third kappa shape index (κ3) is 4.18. The minimum atomic E-state index is -0.766. The van der Waals surface area contributed by atoms with Crippen molar-refractivity contribution in [1.29, 1.82) is 0 Å². The van der Waals surface area contributed by atoms with E-state index in [-0.39, 0.29) is 0 Å². The average Bonchev–Trinajstić information content (AvgIpc) is 2.72. The van der Waals surface area contributed by atoms with Gasteiger partial charge in [0.15, 0.2) is 7.85 Å². The summed E-state index contributed by atoms with van der Waals surface area (Å²) in [7, 11) is 1.34. The van der Waals surface area contributed by atoms with Crippen LogP contribution < -0.4 is 5.59 Å². The van der Waals surface area contributed by atoms with E-state index >= 15 is 0 Å². The molecule has 4 aromatic rings. The quantitative estimate of drug-likeness (QED) is 0.375. The molecule has 4 rings (SSSR count). The summed E-state index contributed by atoms with van der Waals surface area (Å²) in [5.74, 6) is 0.458. The fourth-order valence-electron chi connectivity index (χ4n) is 3.89. The van der Waals surface area contributed by atoms with E-state index in [0.29, 0.717) is 5.92 Å². The van der Waals surface area contributed by atoms with Gasteiger partial charge < -0.3 is 0 Å². The van der Waals surface area contributed by atoms with E-state index in [0.717, 1.165) is 11.3 Å². The summed E-state index contributed by atoms with van der Waals surface area (Å²) in [6, 6.07) is 26.7. The molecule has 0 aliphatic rings. The first-order valence-corrected chi connectivity index (χ1v) is 13.4. The second-order valence-corrected chi connectivity index (χ2v) is 13.3. The lowest BCUT2D eigenvalue weighted by atomic mass is 9.91. The van der Waals surface area contributed by atoms with Crippen LogP contribution in [0, 0.1) is 0 Å². The first-order valence-electron chi connectivity index (χ1n) is 10.5. The molecule has 1 heterocycles. The number of fused-ring (bicyclic) bond motifs is 1. The Morgan fingerprint density at radius 2 is 1.47 bits per heavy atom. The molecular weight excluding hydrogens is 381 g/mol. The van der Waals surface area contributed by atoms with Gasteiger partial charge in [-0.2, -0.15) is 0 Å². The highest BCUT2D eigenvalue weighted by atomic mass is 32.3. The van der Waals surface area contributed by atoms with Gasteiger partial charge in [-0.15, -0.1) is 0 Å². The Morgan fingerprint density at radius 3 is 2.13 bits per heavy atom. The predicted molar refractivity (Wildman–Crippen MR) is 139 cm³/mol. The predicted octanol–water partition coefficient (Wildman–Crippen LogP) is 6.00. The van der Waals surface area contributed by atoms with Gasteiger partial charge in [0, 0.05) is 10.9 Å². The lowest BCUT2D eigenvalue weighted by Crippen LogP contribution is -2.09. The third-order valence-electron chi connectivity index (χ3n) is 5.64. The number of hydrogen-bond acceptors (Lipinski definition) is 1. The van der Waals surface area contributed by atoms with Crippen molar-refractivity contribution in [3.8, 4) is 22.4 Å². The molecule has 0 saturated heterocycles. The molecule has 0 amide bonds. The van der Waals surface area contributed by atoms with Crippen molar-refractivity contribution in [3.63, 3.8) is 0 Å². The van der Waals surface area contributed by atoms with E-state index in [1.54, 1.807) is 0 Å². The van der Waals surface area contributed by atoms with Gasteiger partial charge in [0.2, 0.25) is 0 Å². The van der Waals surface area contributed by atoms with Gasteiger partial charge in [0.25, 0.3) is 0 Å². The van der Waals surface area contributed by atoms with Gasteiger partial charge in [-0.3, -0.25) is 4.98 Å². The summed E-state index contributed by atoms with van der Waals surface area (Å²) >= 11 is 0. The molecule has 0 N–H and O–H groups in total. The average molecular weight is 411 g/mol. The topological polar surface area (TPSA) is 12.9 Å². The zero-order valence-corrected chi connectivity index (χ0v) is 19.7. The van der Waals surface area contributed by atoms with Crippen LogP contribution in [0.15, 0.2) is 77.7 Å². The molecule has 0 bridgehead atoms. The molecule has 0 unspecified atom stereocenters. The van der Waals surface area contributed by atoms with Crippen molar-refractivity contribution in [3.05, 3.63) is 78.4 Å². The first kappa shape index (κ1) is 20.7. The maximum absolute atomic E-state index is 5.01. The normalized spacial score (nSPS) is 12.5. The maximum atomic E-state index is 5.01. The van der Waals surface area contributed by atoms with Crippen LogP contribution in [-0.2, 0) is 0 Å². The molecule has 0 aliphatic heterocycles. The highest BCUT2D eigenvalue weighted by molar-refractivity contribution is 8.32. The van der Waals surface area contributed by atoms with Gasteiger partial charge in [0.1, 0.15) is 0 Å². The largest absolute Gasteiger partial charge is 0.263 e. The molecular formula is C27H30BNS. The highest BCUT2D eigenvalue weighted by Gasteiger charge is 2.14. The second-order valence-electron chi connectivity index (χ2n) is 9.20. The minimum Gasteiger partial charge on any atom is -0.263 e. The summed E-state index contributed by atoms with van der Waals surface area (Å²) in [6.45, 7) is 4.52. The van der Waals surface area contributed by atoms with Gasteiger partial charge >= 0.3 is 0 Å². The number of nitrogens with zero attached hydrogens (tertiary/aromatic N) is 1. The van der Waals surface area contributed by atoms with Crippen LogP contribution >= 0.6 is 10.0 Å². The standard InChI is InChI=1S/C27H30BNS/c1-18(2)20-13-21(19-9-7-6-8-10-19)15-23(14-20)27-25-12-11-24(30(3,4)5)16-22(25)17-26(28)29-27/h6-18H,28H2,1-5H3. The summed E-state index contributed by atoms with van der Waals surface area (Å²) in [5, 5.41) is 2.52. The van der Waals surface area contributed by atoms with Crippen molar-refractivity contribution in [1.82, 2.24) is 4.98 Å². The van der Waals surface area contributed by atoms with Crippen molar-refractivity contribution >= 4 is 34.2 Å². The molecule has 1 nitrogen and oxygen atoms in total. The fourth-order valence-corrected chi connectivity index (χ4v) is 4.85. The van der Waals surface area contributed by atoms with Gasteiger partial charge in [-0.05, 0) is 87.6 Å². The molecule has 30 heavy (non-hydrogen) atoms. The summed E-state index contributed by atoms with van der Waals surface area (Å²) in [4.78, 5) is 6.44. The van der Waals surface area contributed by atoms with E-state index in [4.69, 9.17) is 4.98 Å². The van der Waals surface area contributed by atoms with E-state index < -0.39 is 10.0 Å². The van der Waals surface area contributed by atoms with Crippen LogP contribution in [0.1, 0.15) is 25.3 Å². The molecule has 0 atom stereocenters. The molecule has 0 radical (unpaired) electrons. The Labute approximate surface area is 183 Å². The summed E-state index contributed by atoms with van der Waals surface area (Å²) in [6.07, 6.45) is 7.05. The van der Waals surface area contributed by atoms with Gasteiger partial charge in [0.05, 0.1) is 5.69 Å². The molecule has 0 fully saturated rings. The van der Waals surface area contributed by atoms with Crippen LogP contribution in [0.4, 0.5) is 0 Å². The third-order valence-corrected chi connectivity index (χ3v) is 7.31. The summed E-state index contributed by atoms with van der Waals surface area (Å²) < 4.78 is 0. The smallest absolute Gasteiger partial charge is 0.163 e.